The molecule has 1 saturated heterocycles. The predicted molar refractivity (Wildman–Crippen MR) is 82.9 cm³/mol. The monoisotopic (exact) mass is 335 g/mol. The SMILES string of the molecule is COC(=O)CCN(Cc1nc(-c2ccoc2)no1)CC1CCCO1. The minimum absolute atomic E-state index is 0.180. The van der Waals surface area contributed by atoms with Gasteiger partial charge in [-0.3, -0.25) is 9.69 Å². The van der Waals surface area contributed by atoms with Gasteiger partial charge in [-0.1, -0.05) is 5.16 Å². The van der Waals surface area contributed by atoms with Crippen LogP contribution in [0.15, 0.2) is 27.5 Å². The number of furan rings is 1. The molecule has 24 heavy (non-hydrogen) atoms. The van der Waals surface area contributed by atoms with Crippen molar-refractivity contribution in [3.05, 3.63) is 24.5 Å². The Morgan fingerprint density at radius 2 is 2.42 bits per heavy atom. The van der Waals surface area contributed by atoms with E-state index in [1.54, 1.807) is 18.6 Å². The van der Waals surface area contributed by atoms with Crippen molar-refractivity contribution in [3.63, 3.8) is 0 Å². The maximum absolute atomic E-state index is 11.4. The normalized spacial score (nSPS) is 17.5. The van der Waals surface area contributed by atoms with E-state index in [0.717, 1.165) is 31.6 Å². The zero-order valence-corrected chi connectivity index (χ0v) is 13.6. The highest BCUT2D eigenvalue weighted by Crippen LogP contribution is 2.18. The lowest BCUT2D eigenvalue weighted by molar-refractivity contribution is -0.141. The minimum atomic E-state index is -0.239. The molecule has 2 aromatic heterocycles. The summed E-state index contributed by atoms with van der Waals surface area (Å²) in [5, 5.41) is 3.96. The smallest absolute Gasteiger partial charge is 0.306 e. The molecule has 130 valence electrons. The molecule has 1 aliphatic rings. The fourth-order valence-corrected chi connectivity index (χ4v) is 2.68. The quantitative estimate of drug-likeness (QED) is 0.675. The van der Waals surface area contributed by atoms with Gasteiger partial charge < -0.3 is 18.4 Å². The van der Waals surface area contributed by atoms with Crippen LogP contribution in [-0.2, 0) is 20.8 Å². The predicted octanol–water partition coefficient (Wildman–Crippen LogP) is 1.87. The molecule has 3 heterocycles. The topological polar surface area (TPSA) is 90.8 Å². The van der Waals surface area contributed by atoms with Gasteiger partial charge in [-0.25, -0.2) is 0 Å². The van der Waals surface area contributed by atoms with Crippen molar-refractivity contribution < 1.29 is 23.2 Å². The Morgan fingerprint density at radius 3 is 3.12 bits per heavy atom. The summed E-state index contributed by atoms with van der Waals surface area (Å²) in [6.45, 7) is 2.53. The van der Waals surface area contributed by atoms with Crippen LogP contribution in [0.2, 0.25) is 0 Å². The van der Waals surface area contributed by atoms with E-state index in [9.17, 15) is 4.79 Å². The minimum Gasteiger partial charge on any atom is -0.472 e. The van der Waals surface area contributed by atoms with Crippen LogP contribution in [0.3, 0.4) is 0 Å². The second-order valence-corrected chi connectivity index (χ2v) is 5.72. The van der Waals surface area contributed by atoms with Gasteiger partial charge in [0.15, 0.2) is 0 Å². The maximum atomic E-state index is 11.4. The molecule has 0 aromatic carbocycles. The number of aromatic nitrogens is 2. The van der Waals surface area contributed by atoms with Crippen LogP contribution >= 0.6 is 0 Å². The molecular weight excluding hydrogens is 314 g/mol. The number of carbonyl (C=O) groups excluding carboxylic acids is 1. The highest BCUT2D eigenvalue weighted by Gasteiger charge is 2.22. The summed E-state index contributed by atoms with van der Waals surface area (Å²) in [6, 6.07) is 1.77. The summed E-state index contributed by atoms with van der Waals surface area (Å²) < 4.78 is 20.7. The summed E-state index contributed by atoms with van der Waals surface area (Å²) >= 11 is 0. The number of hydrogen-bond donors (Lipinski definition) is 0. The number of carbonyl (C=O) groups is 1. The van der Waals surface area contributed by atoms with Gasteiger partial charge in [0.05, 0.1) is 38.0 Å². The molecule has 8 heteroatoms. The zero-order chi connectivity index (χ0) is 16.8. The molecule has 0 saturated carbocycles. The Morgan fingerprint density at radius 1 is 1.50 bits per heavy atom. The number of nitrogens with zero attached hydrogens (tertiary/aromatic N) is 3. The van der Waals surface area contributed by atoms with Crippen LogP contribution in [0.1, 0.15) is 25.2 Å². The Kier molecular flexibility index (Phi) is 5.60. The van der Waals surface area contributed by atoms with Gasteiger partial charge in [0.1, 0.15) is 6.26 Å². The molecule has 1 fully saturated rings. The number of rotatable bonds is 8. The molecule has 1 aliphatic heterocycles. The van der Waals surface area contributed by atoms with Gasteiger partial charge in [-0.15, -0.1) is 0 Å². The van der Waals surface area contributed by atoms with E-state index >= 15 is 0 Å². The van der Waals surface area contributed by atoms with E-state index in [4.69, 9.17) is 18.4 Å². The average Bonchev–Trinajstić information content (AvgIpc) is 3.33. The second-order valence-electron chi connectivity index (χ2n) is 5.72. The first-order valence-electron chi connectivity index (χ1n) is 8.00. The number of esters is 1. The molecule has 2 aromatic rings. The lowest BCUT2D eigenvalue weighted by Gasteiger charge is -2.23. The molecule has 1 unspecified atom stereocenters. The first-order valence-corrected chi connectivity index (χ1v) is 8.00. The molecule has 8 nitrogen and oxygen atoms in total. The standard InChI is InChI=1S/C16H21N3O5/c1-21-15(20)4-6-19(9-13-3-2-7-23-13)10-14-17-16(18-24-14)12-5-8-22-11-12/h5,8,11,13H,2-4,6-7,9-10H2,1H3. The lowest BCUT2D eigenvalue weighted by Crippen LogP contribution is -2.33. The van der Waals surface area contributed by atoms with E-state index < -0.39 is 0 Å². The summed E-state index contributed by atoms with van der Waals surface area (Å²) in [5.41, 5.74) is 0.769. The van der Waals surface area contributed by atoms with Gasteiger partial charge in [0, 0.05) is 19.7 Å². The van der Waals surface area contributed by atoms with Gasteiger partial charge in [0.2, 0.25) is 11.7 Å². The Balaban J connectivity index is 1.62. The van der Waals surface area contributed by atoms with E-state index in [1.807, 2.05) is 0 Å². The summed E-state index contributed by atoms with van der Waals surface area (Å²) in [6.07, 6.45) is 5.71. The van der Waals surface area contributed by atoms with Crippen molar-refractivity contribution in [2.75, 3.05) is 26.8 Å². The molecule has 0 aliphatic carbocycles. The van der Waals surface area contributed by atoms with Gasteiger partial charge in [0.25, 0.3) is 0 Å². The fourth-order valence-electron chi connectivity index (χ4n) is 2.68. The lowest BCUT2D eigenvalue weighted by atomic mass is 10.2. The van der Waals surface area contributed by atoms with Crippen molar-refractivity contribution in [3.8, 4) is 11.4 Å². The second kappa shape index (κ2) is 8.07. The Bertz CT molecular complexity index is 634. The van der Waals surface area contributed by atoms with Crippen molar-refractivity contribution in [1.82, 2.24) is 15.0 Å². The maximum Gasteiger partial charge on any atom is 0.306 e. The third kappa shape index (κ3) is 4.42. The number of hydrogen-bond acceptors (Lipinski definition) is 8. The van der Waals surface area contributed by atoms with Crippen molar-refractivity contribution >= 4 is 5.97 Å². The summed E-state index contributed by atoms with van der Waals surface area (Å²) in [5.74, 6) is 0.745. The molecule has 3 rings (SSSR count). The van der Waals surface area contributed by atoms with Crippen molar-refractivity contribution in [2.24, 2.45) is 0 Å². The van der Waals surface area contributed by atoms with Gasteiger partial charge >= 0.3 is 5.97 Å². The zero-order valence-electron chi connectivity index (χ0n) is 13.6. The molecule has 0 bridgehead atoms. The molecule has 0 radical (unpaired) electrons. The summed E-state index contributed by atoms with van der Waals surface area (Å²) in [7, 11) is 1.39. The molecule has 0 N–H and O–H groups in total. The van der Waals surface area contributed by atoms with E-state index in [0.29, 0.717) is 31.2 Å². The highest BCUT2D eigenvalue weighted by molar-refractivity contribution is 5.69. The Labute approximate surface area is 139 Å². The van der Waals surface area contributed by atoms with Crippen LogP contribution in [0.25, 0.3) is 11.4 Å². The van der Waals surface area contributed by atoms with Crippen molar-refractivity contribution in [1.29, 1.82) is 0 Å². The number of ether oxygens (including phenoxy) is 2. The van der Waals surface area contributed by atoms with Crippen molar-refractivity contribution in [2.45, 2.75) is 31.9 Å². The first kappa shape index (κ1) is 16.7. The van der Waals surface area contributed by atoms with Crippen LogP contribution < -0.4 is 0 Å². The van der Waals surface area contributed by atoms with E-state index in [-0.39, 0.29) is 12.1 Å². The summed E-state index contributed by atoms with van der Waals surface area (Å²) in [4.78, 5) is 17.9. The Hall–Kier alpha value is -2.19. The van der Waals surface area contributed by atoms with Crippen LogP contribution in [-0.4, -0.2) is 53.9 Å². The highest BCUT2D eigenvalue weighted by atomic mass is 16.5. The third-order valence-corrected chi connectivity index (χ3v) is 3.95. The molecule has 1 atom stereocenters. The first-order chi connectivity index (χ1) is 11.7. The van der Waals surface area contributed by atoms with E-state index in [2.05, 4.69) is 15.0 Å². The molecular formula is C16H21N3O5. The third-order valence-electron chi connectivity index (χ3n) is 3.95. The number of methoxy groups -OCH3 is 1. The van der Waals surface area contributed by atoms with Gasteiger partial charge in [-0.05, 0) is 18.9 Å². The van der Waals surface area contributed by atoms with Crippen LogP contribution in [0, 0.1) is 0 Å². The van der Waals surface area contributed by atoms with Crippen LogP contribution in [0.5, 0.6) is 0 Å². The van der Waals surface area contributed by atoms with Crippen LogP contribution in [0.4, 0.5) is 0 Å². The van der Waals surface area contributed by atoms with E-state index in [1.165, 1.54) is 7.11 Å². The molecule has 0 amide bonds. The molecule has 0 spiro atoms. The van der Waals surface area contributed by atoms with Gasteiger partial charge in [-0.2, -0.15) is 4.98 Å². The fraction of sp³-hybridized carbons (Fsp3) is 0.562. The average molecular weight is 335 g/mol. The largest absolute Gasteiger partial charge is 0.472 e.